The van der Waals surface area contributed by atoms with Gasteiger partial charge >= 0.3 is 0 Å². The normalized spacial score (nSPS) is 23.0. The van der Waals surface area contributed by atoms with Crippen LogP contribution in [0.25, 0.3) is 0 Å². The van der Waals surface area contributed by atoms with Crippen LogP contribution in [-0.2, 0) is 4.74 Å². The van der Waals surface area contributed by atoms with Gasteiger partial charge in [0.1, 0.15) is 10.8 Å². The van der Waals surface area contributed by atoms with Crippen molar-refractivity contribution in [2.75, 3.05) is 43.1 Å². The van der Waals surface area contributed by atoms with Gasteiger partial charge in [-0.15, -0.1) is 0 Å². The average molecular weight is 492 g/mol. The van der Waals surface area contributed by atoms with Gasteiger partial charge in [0.25, 0.3) is 5.56 Å². The van der Waals surface area contributed by atoms with E-state index in [9.17, 15) is 9.18 Å². The van der Waals surface area contributed by atoms with Gasteiger partial charge in [-0.3, -0.25) is 4.79 Å². The first-order chi connectivity index (χ1) is 16.6. The quantitative estimate of drug-likeness (QED) is 0.546. The number of nitrogens with zero attached hydrogens (tertiary/aromatic N) is 3. The van der Waals surface area contributed by atoms with Crippen LogP contribution in [0.3, 0.4) is 0 Å². The average Bonchev–Trinajstić information content (AvgIpc) is 2.87. The van der Waals surface area contributed by atoms with Crippen molar-refractivity contribution in [2.24, 2.45) is 11.7 Å². The molecule has 1 aromatic carbocycles. The fraction of sp³-hybridized carbons (Fsp3) is 0.600. The SMILES string of the molecule is NCCCN(c1ccc(F)cc1)C1CCC(n2ncc(NC[C@@H]3CCCOC3)c(Cl)c2=O)CC1. The summed E-state index contributed by atoms with van der Waals surface area (Å²) in [6.45, 7) is 3.72. The molecular formula is C25H35ClFN5O2. The molecule has 1 saturated carbocycles. The molecule has 1 aliphatic heterocycles. The number of anilines is 2. The van der Waals surface area contributed by atoms with Crippen LogP contribution >= 0.6 is 11.6 Å². The van der Waals surface area contributed by atoms with E-state index in [0.717, 1.165) is 76.9 Å². The van der Waals surface area contributed by atoms with Gasteiger partial charge in [0.05, 0.1) is 24.5 Å². The number of hydrogen-bond donors (Lipinski definition) is 2. The summed E-state index contributed by atoms with van der Waals surface area (Å²) in [5.74, 6) is 0.185. The molecule has 0 bridgehead atoms. The van der Waals surface area contributed by atoms with E-state index in [4.69, 9.17) is 22.1 Å². The van der Waals surface area contributed by atoms with Gasteiger partial charge in [-0.25, -0.2) is 9.07 Å². The molecule has 1 aliphatic carbocycles. The molecule has 7 nitrogen and oxygen atoms in total. The fourth-order valence-corrected chi connectivity index (χ4v) is 5.28. The number of ether oxygens (including phenoxy) is 1. The van der Waals surface area contributed by atoms with Crippen molar-refractivity contribution in [3.63, 3.8) is 0 Å². The topological polar surface area (TPSA) is 85.4 Å². The molecule has 186 valence electrons. The number of aromatic nitrogens is 2. The molecule has 0 spiro atoms. The molecule has 1 atom stereocenters. The van der Waals surface area contributed by atoms with Crippen LogP contribution in [-0.4, -0.2) is 48.7 Å². The van der Waals surface area contributed by atoms with Crippen LogP contribution in [0.15, 0.2) is 35.3 Å². The van der Waals surface area contributed by atoms with Gasteiger partial charge in [-0.05, 0) is 81.7 Å². The van der Waals surface area contributed by atoms with Gasteiger partial charge in [0, 0.05) is 31.4 Å². The van der Waals surface area contributed by atoms with E-state index in [1.165, 1.54) is 12.1 Å². The van der Waals surface area contributed by atoms with E-state index in [2.05, 4.69) is 15.3 Å². The number of halogens is 2. The molecular weight excluding hydrogens is 457 g/mol. The second-order valence-corrected chi connectivity index (χ2v) is 9.74. The van der Waals surface area contributed by atoms with Crippen LogP contribution in [0, 0.1) is 11.7 Å². The second-order valence-electron chi connectivity index (χ2n) is 9.36. The van der Waals surface area contributed by atoms with E-state index in [0.29, 0.717) is 24.2 Å². The maximum absolute atomic E-state index is 13.4. The minimum absolute atomic E-state index is 0.0200. The Morgan fingerprint density at radius 3 is 2.65 bits per heavy atom. The van der Waals surface area contributed by atoms with Crippen LogP contribution in [0.1, 0.15) is 51.0 Å². The third-order valence-corrected chi connectivity index (χ3v) is 7.36. The Labute approximate surface area is 205 Å². The number of nitrogens with two attached hydrogens (primary N) is 1. The van der Waals surface area contributed by atoms with Crippen LogP contribution < -0.4 is 21.5 Å². The molecule has 34 heavy (non-hydrogen) atoms. The summed E-state index contributed by atoms with van der Waals surface area (Å²) in [6.07, 6.45) is 8.22. The standard InChI is InChI=1S/C25H35ClFN5O2/c26-24-23(29-15-18-3-1-14-34-17-18)16-30-32(25(24)33)22-10-8-21(9-11-22)31(13-2-12-28)20-6-4-19(27)5-7-20/h4-7,16,18,21-22,29H,1-3,8-15,17,28H2/t18-,21?,22?/m0/s1. The predicted octanol–water partition coefficient (Wildman–Crippen LogP) is 4.21. The fourth-order valence-electron chi connectivity index (χ4n) is 5.08. The molecule has 9 heteroatoms. The molecule has 4 rings (SSSR count). The molecule has 0 radical (unpaired) electrons. The summed E-state index contributed by atoms with van der Waals surface area (Å²) in [5, 5.41) is 7.95. The Kier molecular flexibility index (Phi) is 8.80. The van der Waals surface area contributed by atoms with E-state index < -0.39 is 0 Å². The van der Waals surface area contributed by atoms with Crippen LogP contribution in [0.5, 0.6) is 0 Å². The summed E-state index contributed by atoms with van der Waals surface area (Å²) in [7, 11) is 0. The van der Waals surface area contributed by atoms with Crippen molar-refractivity contribution in [3.05, 3.63) is 51.7 Å². The first-order valence-electron chi connectivity index (χ1n) is 12.4. The third-order valence-electron chi connectivity index (χ3n) is 6.99. The summed E-state index contributed by atoms with van der Waals surface area (Å²) in [4.78, 5) is 15.3. The highest BCUT2D eigenvalue weighted by atomic mass is 35.5. The first kappa shape index (κ1) is 24.9. The lowest BCUT2D eigenvalue weighted by Crippen LogP contribution is -2.41. The number of nitrogens with one attached hydrogen (secondary N) is 1. The van der Waals surface area contributed by atoms with Crippen molar-refractivity contribution in [1.29, 1.82) is 0 Å². The van der Waals surface area contributed by atoms with Crippen molar-refractivity contribution in [2.45, 2.75) is 57.0 Å². The Balaban J connectivity index is 1.39. The van der Waals surface area contributed by atoms with Crippen molar-refractivity contribution in [1.82, 2.24) is 9.78 Å². The monoisotopic (exact) mass is 491 g/mol. The smallest absolute Gasteiger partial charge is 0.287 e. The minimum atomic E-state index is -0.242. The van der Waals surface area contributed by atoms with Gasteiger partial charge in [-0.1, -0.05) is 11.6 Å². The van der Waals surface area contributed by atoms with E-state index in [1.54, 1.807) is 10.9 Å². The molecule has 0 amide bonds. The molecule has 2 heterocycles. The lowest BCUT2D eigenvalue weighted by atomic mass is 9.89. The second kappa shape index (κ2) is 12.0. The number of hydrogen-bond acceptors (Lipinski definition) is 6. The maximum Gasteiger partial charge on any atom is 0.287 e. The first-order valence-corrected chi connectivity index (χ1v) is 12.8. The van der Waals surface area contributed by atoms with Gasteiger partial charge < -0.3 is 20.7 Å². The number of benzene rings is 1. The summed E-state index contributed by atoms with van der Waals surface area (Å²) < 4.78 is 20.5. The lowest BCUT2D eigenvalue weighted by molar-refractivity contribution is 0.0595. The zero-order chi connectivity index (χ0) is 23.9. The van der Waals surface area contributed by atoms with Crippen molar-refractivity contribution in [3.8, 4) is 0 Å². The highest BCUT2D eigenvalue weighted by molar-refractivity contribution is 6.32. The molecule has 0 unspecified atom stereocenters. The highest BCUT2D eigenvalue weighted by Crippen LogP contribution is 2.33. The molecule has 2 aromatic rings. The van der Waals surface area contributed by atoms with E-state index >= 15 is 0 Å². The molecule has 2 fully saturated rings. The Morgan fingerprint density at radius 2 is 1.97 bits per heavy atom. The number of rotatable bonds is 9. The molecule has 3 N–H and O–H groups in total. The molecule has 1 aromatic heterocycles. The summed E-state index contributed by atoms with van der Waals surface area (Å²) in [5.41, 5.74) is 7.11. The van der Waals surface area contributed by atoms with E-state index in [-0.39, 0.29) is 22.4 Å². The third kappa shape index (κ3) is 6.09. The zero-order valence-corrected chi connectivity index (χ0v) is 20.4. The van der Waals surface area contributed by atoms with Crippen LogP contribution in [0.2, 0.25) is 5.02 Å². The predicted molar refractivity (Wildman–Crippen MR) is 134 cm³/mol. The van der Waals surface area contributed by atoms with Gasteiger partial charge in [-0.2, -0.15) is 5.10 Å². The summed E-state index contributed by atoms with van der Waals surface area (Å²) in [6, 6.07) is 6.99. The molecule has 2 aliphatic rings. The molecule has 1 saturated heterocycles. The van der Waals surface area contributed by atoms with Crippen LogP contribution in [0.4, 0.5) is 15.8 Å². The Morgan fingerprint density at radius 1 is 1.21 bits per heavy atom. The lowest BCUT2D eigenvalue weighted by Gasteiger charge is -2.38. The zero-order valence-electron chi connectivity index (χ0n) is 19.6. The largest absolute Gasteiger partial charge is 0.382 e. The van der Waals surface area contributed by atoms with Crippen molar-refractivity contribution < 1.29 is 9.13 Å². The van der Waals surface area contributed by atoms with Gasteiger partial charge in [0.15, 0.2) is 0 Å². The van der Waals surface area contributed by atoms with E-state index in [1.807, 2.05) is 12.1 Å². The Bertz CT molecular complexity index is 972. The Hall–Kier alpha value is -2.16. The minimum Gasteiger partial charge on any atom is -0.382 e. The van der Waals surface area contributed by atoms with Crippen molar-refractivity contribution >= 4 is 23.0 Å². The maximum atomic E-state index is 13.4. The highest BCUT2D eigenvalue weighted by Gasteiger charge is 2.28. The summed E-state index contributed by atoms with van der Waals surface area (Å²) >= 11 is 6.45. The van der Waals surface area contributed by atoms with Gasteiger partial charge in [0.2, 0.25) is 0 Å².